The molecule has 4 heteroatoms. The Kier molecular flexibility index (Phi) is 3.90. The number of rotatable bonds is 3. The van der Waals surface area contributed by atoms with Crippen LogP contribution in [-0.2, 0) is 0 Å². The van der Waals surface area contributed by atoms with Crippen molar-refractivity contribution in [1.29, 1.82) is 0 Å². The third-order valence-corrected chi connectivity index (χ3v) is 5.28. The highest BCUT2D eigenvalue weighted by Gasteiger charge is 2.48. The van der Waals surface area contributed by atoms with Crippen LogP contribution < -0.4 is 11.5 Å². The molecule has 2 fully saturated rings. The van der Waals surface area contributed by atoms with Crippen molar-refractivity contribution in [2.45, 2.75) is 51.6 Å². The third kappa shape index (κ3) is 2.64. The van der Waals surface area contributed by atoms with Gasteiger partial charge in [0.15, 0.2) is 0 Å². The summed E-state index contributed by atoms with van der Waals surface area (Å²) in [4.78, 5) is 4.01. The molecule has 4 nitrogen and oxygen atoms in total. The summed E-state index contributed by atoms with van der Waals surface area (Å²) in [5.41, 5.74) is 13.5. The normalized spacial score (nSPS) is 40.2. The molecular formula is C15H27N3O. The molecule has 2 atom stereocenters. The maximum atomic E-state index is 10.4. The topological polar surface area (TPSA) is 84.6 Å². The van der Waals surface area contributed by atoms with Crippen LogP contribution in [0.1, 0.15) is 46.0 Å². The van der Waals surface area contributed by atoms with Gasteiger partial charge in [-0.05, 0) is 56.8 Å². The highest BCUT2D eigenvalue weighted by molar-refractivity contribution is 5.96. The van der Waals surface area contributed by atoms with E-state index in [4.69, 9.17) is 11.5 Å². The molecule has 19 heavy (non-hydrogen) atoms. The number of aliphatic imine (C=N–C) groups is 1. The molecule has 2 saturated carbocycles. The number of nitrogens with two attached hydrogens (primary N) is 2. The lowest BCUT2D eigenvalue weighted by Crippen LogP contribution is -2.26. The summed E-state index contributed by atoms with van der Waals surface area (Å²) in [5, 5.41) is 10.4. The van der Waals surface area contributed by atoms with E-state index >= 15 is 0 Å². The summed E-state index contributed by atoms with van der Waals surface area (Å²) in [6, 6.07) is 0. The lowest BCUT2D eigenvalue weighted by Gasteiger charge is -2.23. The summed E-state index contributed by atoms with van der Waals surface area (Å²) >= 11 is 0. The molecule has 108 valence electrons. The Morgan fingerprint density at radius 1 is 1.26 bits per heavy atom. The van der Waals surface area contributed by atoms with Gasteiger partial charge in [0.1, 0.15) is 5.84 Å². The van der Waals surface area contributed by atoms with E-state index in [-0.39, 0.29) is 0 Å². The van der Waals surface area contributed by atoms with Gasteiger partial charge >= 0.3 is 0 Å². The first-order valence-corrected chi connectivity index (χ1v) is 7.31. The third-order valence-electron chi connectivity index (χ3n) is 5.28. The molecule has 0 aromatic rings. The number of hydrogen-bond acceptors (Lipinski definition) is 3. The van der Waals surface area contributed by atoms with Crippen molar-refractivity contribution in [3.8, 4) is 0 Å². The Bertz CT molecular complexity index is 400. The van der Waals surface area contributed by atoms with Crippen molar-refractivity contribution in [1.82, 2.24) is 0 Å². The molecule has 2 unspecified atom stereocenters. The van der Waals surface area contributed by atoms with E-state index in [9.17, 15) is 5.11 Å². The van der Waals surface area contributed by atoms with E-state index in [1.807, 2.05) is 6.92 Å². The molecule has 0 aromatic carbocycles. The average molecular weight is 265 g/mol. The van der Waals surface area contributed by atoms with Crippen LogP contribution >= 0.6 is 0 Å². The van der Waals surface area contributed by atoms with Crippen molar-refractivity contribution >= 4 is 5.84 Å². The SMILES string of the molecule is CCC1(O)CC2CC(/C(N)=C(\C)C(N)=NC)CC2C1. The molecule has 0 aliphatic heterocycles. The lowest BCUT2D eigenvalue weighted by molar-refractivity contribution is 0.0338. The molecule has 0 radical (unpaired) electrons. The molecule has 5 N–H and O–H groups in total. The standard InChI is InChI=1S/C15H27N3O/c1-4-15(19)7-11-5-10(6-12(11)8-15)13(16)9(2)14(17)18-3/h10-12,19H,4-8,16H2,1-3H3,(H2,17,18)/b13-9-. The Balaban J connectivity index is 2.06. The highest BCUT2D eigenvalue weighted by Crippen LogP contribution is 2.53. The maximum Gasteiger partial charge on any atom is 0.122 e. The van der Waals surface area contributed by atoms with Crippen molar-refractivity contribution in [3.05, 3.63) is 11.3 Å². The molecule has 0 spiro atoms. The first-order chi connectivity index (χ1) is 8.90. The van der Waals surface area contributed by atoms with Gasteiger partial charge in [-0.3, -0.25) is 4.99 Å². The first kappa shape index (κ1) is 14.4. The van der Waals surface area contributed by atoms with Crippen molar-refractivity contribution < 1.29 is 5.11 Å². The van der Waals surface area contributed by atoms with Crippen LogP contribution in [0.15, 0.2) is 16.3 Å². The number of amidine groups is 1. The lowest BCUT2D eigenvalue weighted by atomic mass is 9.90. The van der Waals surface area contributed by atoms with Crippen molar-refractivity contribution in [2.75, 3.05) is 7.05 Å². The van der Waals surface area contributed by atoms with E-state index in [0.29, 0.717) is 23.6 Å². The summed E-state index contributed by atoms with van der Waals surface area (Å²) in [5.74, 6) is 2.21. The van der Waals surface area contributed by atoms with Gasteiger partial charge in [0, 0.05) is 18.3 Å². The van der Waals surface area contributed by atoms with Gasteiger partial charge in [-0.2, -0.15) is 0 Å². The molecule has 2 rings (SSSR count). The Labute approximate surface area is 116 Å². The molecule has 0 amide bonds. The van der Waals surface area contributed by atoms with Gasteiger partial charge in [0.25, 0.3) is 0 Å². The summed E-state index contributed by atoms with van der Waals surface area (Å²) in [6.07, 6.45) is 4.92. The minimum absolute atomic E-state index is 0.414. The van der Waals surface area contributed by atoms with Gasteiger partial charge in [-0.1, -0.05) is 6.92 Å². The molecule has 0 bridgehead atoms. The molecule has 0 heterocycles. The second-order valence-corrected chi connectivity index (χ2v) is 6.36. The van der Waals surface area contributed by atoms with E-state index in [2.05, 4.69) is 11.9 Å². The van der Waals surface area contributed by atoms with Crippen LogP contribution in [-0.4, -0.2) is 23.6 Å². The van der Waals surface area contributed by atoms with Crippen LogP contribution in [0.25, 0.3) is 0 Å². The summed E-state index contributed by atoms with van der Waals surface area (Å²) in [7, 11) is 1.69. The second kappa shape index (κ2) is 5.16. The molecule has 2 aliphatic rings. The first-order valence-electron chi connectivity index (χ1n) is 7.31. The van der Waals surface area contributed by atoms with Gasteiger partial charge in [-0.25, -0.2) is 0 Å². The Morgan fingerprint density at radius 2 is 1.79 bits per heavy atom. The number of allylic oxidation sites excluding steroid dienone is 1. The molecule has 0 saturated heterocycles. The van der Waals surface area contributed by atoms with E-state index in [0.717, 1.165) is 43.4 Å². The van der Waals surface area contributed by atoms with Crippen molar-refractivity contribution in [2.24, 2.45) is 34.2 Å². The van der Waals surface area contributed by atoms with E-state index < -0.39 is 5.60 Å². The maximum absolute atomic E-state index is 10.4. The smallest absolute Gasteiger partial charge is 0.122 e. The summed E-state index contributed by atoms with van der Waals surface area (Å²) < 4.78 is 0. The van der Waals surface area contributed by atoms with Gasteiger partial charge in [0.05, 0.1) is 5.60 Å². The van der Waals surface area contributed by atoms with Crippen molar-refractivity contribution in [3.63, 3.8) is 0 Å². The van der Waals surface area contributed by atoms with Crippen LogP contribution in [0.4, 0.5) is 0 Å². The van der Waals surface area contributed by atoms with Crippen LogP contribution in [0, 0.1) is 17.8 Å². The van der Waals surface area contributed by atoms with E-state index in [1.54, 1.807) is 7.05 Å². The number of hydrogen-bond donors (Lipinski definition) is 3. The molecule has 0 aromatic heterocycles. The van der Waals surface area contributed by atoms with Crippen LogP contribution in [0.5, 0.6) is 0 Å². The fourth-order valence-corrected chi connectivity index (χ4v) is 3.94. The largest absolute Gasteiger partial charge is 0.401 e. The van der Waals surface area contributed by atoms with Gasteiger partial charge < -0.3 is 16.6 Å². The predicted octanol–water partition coefficient (Wildman–Crippen LogP) is 1.78. The zero-order chi connectivity index (χ0) is 14.2. The van der Waals surface area contributed by atoms with Crippen LogP contribution in [0.3, 0.4) is 0 Å². The van der Waals surface area contributed by atoms with E-state index in [1.165, 1.54) is 0 Å². The predicted molar refractivity (Wildman–Crippen MR) is 78.6 cm³/mol. The highest BCUT2D eigenvalue weighted by atomic mass is 16.3. The minimum atomic E-state index is -0.419. The number of nitrogens with zero attached hydrogens (tertiary/aromatic N) is 1. The fraction of sp³-hybridized carbons (Fsp3) is 0.800. The zero-order valence-corrected chi connectivity index (χ0v) is 12.3. The number of aliphatic hydroxyl groups is 1. The average Bonchev–Trinajstić information content (AvgIpc) is 2.91. The van der Waals surface area contributed by atoms with Gasteiger partial charge in [0.2, 0.25) is 0 Å². The minimum Gasteiger partial charge on any atom is -0.401 e. The zero-order valence-electron chi connectivity index (χ0n) is 12.3. The Morgan fingerprint density at radius 3 is 2.21 bits per heavy atom. The quantitative estimate of drug-likeness (QED) is 0.537. The van der Waals surface area contributed by atoms with Gasteiger partial charge in [-0.15, -0.1) is 0 Å². The van der Waals surface area contributed by atoms with Crippen LogP contribution in [0.2, 0.25) is 0 Å². The Hall–Kier alpha value is -1.03. The fourth-order valence-electron chi connectivity index (χ4n) is 3.94. The number of fused-ring (bicyclic) bond motifs is 1. The molecular weight excluding hydrogens is 238 g/mol. The molecule has 2 aliphatic carbocycles. The summed E-state index contributed by atoms with van der Waals surface area (Å²) in [6.45, 7) is 4.03. The monoisotopic (exact) mass is 265 g/mol. The second-order valence-electron chi connectivity index (χ2n) is 6.36.